The smallest absolute Gasteiger partial charge is 0.410 e. The van der Waals surface area contributed by atoms with Crippen LogP contribution in [0.2, 0.25) is 0 Å². The second-order valence-corrected chi connectivity index (χ2v) is 4.78. The Morgan fingerprint density at radius 2 is 2.17 bits per heavy atom. The van der Waals surface area contributed by atoms with Crippen molar-refractivity contribution >= 4 is 6.09 Å². The summed E-state index contributed by atoms with van der Waals surface area (Å²) in [6, 6.07) is 8.59. The number of benzene rings is 1. The Bertz CT molecular complexity index is 443. The largest absolute Gasteiger partial charge is 0.445 e. The third kappa shape index (κ3) is 1.66. The molecule has 3 fully saturated rings. The fourth-order valence-electron chi connectivity index (χ4n) is 2.65. The van der Waals surface area contributed by atoms with Gasteiger partial charge in [0.15, 0.2) is 0 Å². The van der Waals surface area contributed by atoms with Crippen LogP contribution < -0.4 is 0 Å². The van der Waals surface area contributed by atoms with E-state index in [1.165, 1.54) is 4.90 Å². The van der Waals surface area contributed by atoms with Crippen molar-refractivity contribution in [3.8, 4) is 0 Å². The maximum atomic E-state index is 13.4. The summed E-state index contributed by atoms with van der Waals surface area (Å²) < 4.78 is 18.5. The molecule has 1 aromatic rings. The van der Waals surface area contributed by atoms with Crippen molar-refractivity contribution in [2.75, 3.05) is 6.54 Å². The van der Waals surface area contributed by atoms with E-state index in [0.29, 0.717) is 0 Å². The summed E-state index contributed by atoms with van der Waals surface area (Å²) in [5, 5.41) is 9.53. The Morgan fingerprint density at radius 1 is 1.44 bits per heavy atom. The molecule has 2 saturated heterocycles. The fourth-order valence-corrected chi connectivity index (χ4v) is 2.65. The van der Waals surface area contributed by atoms with E-state index < -0.39 is 30.3 Å². The zero-order valence-corrected chi connectivity index (χ0v) is 9.70. The molecule has 3 aliphatic rings. The molecule has 4 rings (SSSR count). The van der Waals surface area contributed by atoms with Gasteiger partial charge >= 0.3 is 6.09 Å². The number of alkyl halides is 1. The molecule has 1 aliphatic carbocycles. The van der Waals surface area contributed by atoms with Gasteiger partial charge in [0, 0.05) is 12.5 Å². The van der Waals surface area contributed by atoms with Crippen LogP contribution in [0.25, 0.3) is 0 Å². The average molecular weight is 251 g/mol. The quantitative estimate of drug-likeness (QED) is 0.862. The van der Waals surface area contributed by atoms with Gasteiger partial charge in [-0.15, -0.1) is 0 Å². The lowest BCUT2D eigenvalue weighted by molar-refractivity contribution is -0.0483. The van der Waals surface area contributed by atoms with E-state index >= 15 is 0 Å². The minimum absolute atomic E-state index is 0.167. The summed E-state index contributed by atoms with van der Waals surface area (Å²) in [4.78, 5) is 13.1. The molecule has 1 aromatic carbocycles. The first kappa shape index (κ1) is 11.5. The van der Waals surface area contributed by atoms with E-state index in [1.54, 1.807) is 0 Å². The van der Waals surface area contributed by atoms with Gasteiger partial charge in [0.2, 0.25) is 0 Å². The maximum Gasteiger partial charge on any atom is 0.410 e. The van der Waals surface area contributed by atoms with Gasteiger partial charge in [0.05, 0.1) is 12.1 Å². The highest BCUT2D eigenvalue weighted by Crippen LogP contribution is 2.43. The monoisotopic (exact) mass is 251 g/mol. The van der Waals surface area contributed by atoms with Gasteiger partial charge in [-0.2, -0.15) is 0 Å². The topological polar surface area (TPSA) is 49.8 Å². The molecule has 1 N–H and O–H groups in total. The van der Waals surface area contributed by atoms with Crippen LogP contribution >= 0.6 is 0 Å². The number of halogens is 1. The van der Waals surface area contributed by atoms with Gasteiger partial charge in [0.1, 0.15) is 12.8 Å². The van der Waals surface area contributed by atoms with E-state index in [1.807, 2.05) is 30.3 Å². The lowest BCUT2D eigenvalue weighted by atomic mass is 9.80. The minimum Gasteiger partial charge on any atom is -0.445 e. The normalized spacial score (nSPS) is 33.1. The number of carbonyl (C=O) groups excluding carboxylic acids is 1. The van der Waals surface area contributed by atoms with Crippen molar-refractivity contribution in [1.29, 1.82) is 0 Å². The highest BCUT2D eigenvalue weighted by Gasteiger charge is 2.62. The number of carbonyl (C=O) groups is 1. The van der Waals surface area contributed by atoms with Gasteiger partial charge in [-0.3, -0.25) is 4.90 Å². The Balaban J connectivity index is 1.57. The first-order valence-electron chi connectivity index (χ1n) is 5.98. The van der Waals surface area contributed by atoms with Crippen LogP contribution in [0.1, 0.15) is 5.56 Å². The van der Waals surface area contributed by atoms with Crippen molar-refractivity contribution in [1.82, 2.24) is 4.90 Å². The lowest BCUT2D eigenvalue weighted by Crippen LogP contribution is -2.55. The third-order valence-electron chi connectivity index (χ3n) is 3.73. The van der Waals surface area contributed by atoms with Crippen LogP contribution in [0.15, 0.2) is 30.3 Å². The fraction of sp³-hybridized carbons (Fsp3) is 0.462. The van der Waals surface area contributed by atoms with Gasteiger partial charge < -0.3 is 9.84 Å². The predicted octanol–water partition coefficient (Wildman–Crippen LogP) is 1.34. The lowest BCUT2D eigenvalue weighted by Gasteiger charge is -2.35. The molecule has 96 valence electrons. The second-order valence-electron chi connectivity index (χ2n) is 4.78. The Kier molecular flexibility index (Phi) is 2.70. The summed E-state index contributed by atoms with van der Waals surface area (Å²) in [5.74, 6) is -0.431. The standard InChI is InChI=1S/C13H14FNO3/c14-10-9-6-15(11(10)12(9)16)13(17)18-7-8-4-2-1-3-5-8/h1-5,9-12,16H,6-7H2/t9-,10-,11+,12-/m1/s1. The van der Waals surface area contributed by atoms with Crippen molar-refractivity contribution < 1.29 is 19.0 Å². The van der Waals surface area contributed by atoms with E-state index in [9.17, 15) is 14.3 Å². The SMILES string of the molecule is O=C(OCc1ccccc1)N1C[C@H]2[C@@H](O)[C@@H]1[C@@H]2F. The van der Waals surface area contributed by atoms with Crippen LogP contribution in [0.5, 0.6) is 0 Å². The molecule has 18 heavy (non-hydrogen) atoms. The summed E-state index contributed by atoms with van der Waals surface area (Å²) in [6.07, 6.45) is -2.39. The summed E-state index contributed by atoms with van der Waals surface area (Å²) in [5.41, 5.74) is 0.884. The number of fused-ring (bicyclic) bond motifs is 1. The molecule has 2 heterocycles. The molecule has 0 spiro atoms. The molecule has 4 atom stereocenters. The first-order valence-corrected chi connectivity index (χ1v) is 5.98. The van der Waals surface area contributed by atoms with Gasteiger partial charge in [-0.25, -0.2) is 9.18 Å². The van der Waals surface area contributed by atoms with Gasteiger partial charge in [-0.1, -0.05) is 30.3 Å². The predicted molar refractivity (Wildman–Crippen MR) is 61.5 cm³/mol. The van der Waals surface area contributed by atoms with Crippen molar-refractivity contribution in [2.24, 2.45) is 5.92 Å². The number of aliphatic hydroxyl groups excluding tert-OH is 1. The molecule has 2 bridgehead atoms. The van der Waals surface area contributed by atoms with Crippen LogP contribution in [0.4, 0.5) is 9.18 Å². The van der Waals surface area contributed by atoms with E-state index in [-0.39, 0.29) is 13.2 Å². The van der Waals surface area contributed by atoms with E-state index in [2.05, 4.69) is 0 Å². The Labute approximate surface area is 104 Å². The Morgan fingerprint density at radius 3 is 2.72 bits per heavy atom. The molecular formula is C13H14FNO3. The maximum absolute atomic E-state index is 13.4. The molecule has 0 aromatic heterocycles. The van der Waals surface area contributed by atoms with Crippen LogP contribution in [0, 0.1) is 5.92 Å². The van der Waals surface area contributed by atoms with Crippen LogP contribution in [0.3, 0.4) is 0 Å². The molecular weight excluding hydrogens is 237 g/mol. The molecule has 5 heteroatoms. The molecule has 2 aliphatic heterocycles. The zero-order chi connectivity index (χ0) is 12.7. The van der Waals surface area contributed by atoms with Gasteiger partial charge in [0.25, 0.3) is 0 Å². The summed E-state index contributed by atoms with van der Waals surface area (Å²) in [7, 11) is 0. The number of hydrogen-bond donors (Lipinski definition) is 1. The van der Waals surface area contributed by atoms with Gasteiger partial charge in [-0.05, 0) is 5.56 Å². The molecule has 1 amide bonds. The third-order valence-corrected chi connectivity index (χ3v) is 3.73. The number of amides is 1. The Hall–Kier alpha value is -1.62. The highest BCUT2D eigenvalue weighted by molar-refractivity contribution is 5.69. The summed E-state index contributed by atoms with van der Waals surface area (Å²) >= 11 is 0. The molecule has 0 radical (unpaired) electrons. The number of ether oxygens (including phenoxy) is 1. The van der Waals surface area contributed by atoms with Crippen LogP contribution in [-0.2, 0) is 11.3 Å². The average Bonchev–Trinajstić information content (AvgIpc) is 2.94. The zero-order valence-electron chi connectivity index (χ0n) is 9.70. The highest BCUT2D eigenvalue weighted by atomic mass is 19.1. The van der Waals surface area contributed by atoms with E-state index in [4.69, 9.17) is 4.74 Å². The molecule has 0 unspecified atom stereocenters. The number of rotatable bonds is 2. The second kappa shape index (κ2) is 4.24. The van der Waals surface area contributed by atoms with E-state index in [0.717, 1.165) is 5.56 Å². The molecule has 4 nitrogen and oxygen atoms in total. The number of hydrogen-bond acceptors (Lipinski definition) is 3. The number of nitrogens with zero attached hydrogens (tertiary/aromatic N) is 1. The summed E-state index contributed by atoms with van der Waals surface area (Å²) in [6.45, 7) is 0.418. The van der Waals surface area contributed by atoms with Crippen molar-refractivity contribution in [2.45, 2.75) is 24.9 Å². The van der Waals surface area contributed by atoms with Crippen molar-refractivity contribution in [3.63, 3.8) is 0 Å². The molecule has 1 saturated carbocycles. The first-order chi connectivity index (χ1) is 8.68. The number of aliphatic hydroxyl groups is 1. The van der Waals surface area contributed by atoms with Crippen LogP contribution in [-0.4, -0.2) is 41.0 Å². The minimum atomic E-state index is -1.11. The van der Waals surface area contributed by atoms with Crippen molar-refractivity contribution in [3.05, 3.63) is 35.9 Å².